The van der Waals surface area contributed by atoms with E-state index in [1.807, 2.05) is 35.0 Å². The van der Waals surface area contributed by atoms with Crippen molar-refractivity contribution in [2.75, 3.05) is 13.6 Å². The zero-order valence-electron chi connectivity index (χ0n) is 15.5. The van der Waals surface area contributed by atoms with Gasteiger partial charge in [0.2, 0.25) is 5.91 Å². The van der Waals surface area contributed by atoms with E-state index in [4.69, 9.17) is 10.7 Å². The molecule has 0 aliphatic carbocycles. The topological polar surface area (TPSA) is 89.9 Å². The van der Waals surface area contributed by atoms with Crippen molar-refractivity contribution in [1.82, 2.24) is 24.6 Å². The number of para-hydroxylation sites is 1. The van der Waals surface area contributed by atoms with Crippen LogP contribution in [0.4, 0.5) is 0 Å². The number of benzene rings is 1. The molecule has 1 atom stereocenters. The molecule has 1 aliphatic heterocycles. The number of hydrogen-bond donors (Lipinski definition) is 1. The Kier molecular flexibility index (Phi) is 4.85. The summed E-state index contributed by atoms with van der Waals surface area (Å²) < 4.78 is 1.86. The summed E-state index contributed by atoms with van der Waals surface area (Å²) in [6, 6.07) is 10.1. The number of nitrogens with zero attached hydrogens (tertiary/aromatic N) is 5. The van der Waals surface area contributed by atoms with E-state index in [1.54, 1.807) is 6.20 Å². The molecule has 27 heavy (non-hydrogen) atoms. The number of carbonyl (C=O) groups is 1. The first-order valence-electron chi connectivity index (χ1n) is 9.42. The van der Waals surface area contributed by atoms with E-state index in [0.717, 1.165) is 41.8 Å². The summed E-state index contributed by atoms with van der Waals surface area (Å²) in [6.45, 7) is 1.02. The Balaban J connectivity index is 1.87. The van der Waals surface area contributed by atoms with Gasteiger partial charge in [-0.25, -0.2) is 9.67 Å². The third-order valence-corrected chi connectivity index (χ3v) is 5.17. The number of rotatable bonds is 4. The molecule has 0 saturated carbocycles. The molecule has 2 N–H and O–H groups in total. The Hall–Kier alpha value is -2.80. The molecule has 7 nitrogen and oxygen atoms in total. The molecular formula is C20H24N6O. The number of primary amides is 1. The molecule has 7 heteroatoms. The average Bonchev–Trinajstić information content (AvgIpc) is 2.93. The summed E-state index contributed by atoms with van der Waals surface area (Å²) in [4.78, 5) is 23.1. The van der Waals surface area contributed by atoms with Gasteiger partial charge in [-0.3, -0.25) is 14.7 Å². The van der Waals surface area contributed by atoms with Crippen LogP contribution in [0.3, 0.4) is 0 Å². The van der Waals surface area contributed by atoms with Crippen LogP contribution >= 0.6 is 0 Å². The zero-order chi connectivity index (χ0) is 18.8. The van der Waals surface area contributed by atoms with Crippen molar-refractivity contribution in [3.05, 3.63) is 48.2 Å². The molecule has 140 valence electrons. The molecule has 0 radical (unpaired) electrons. The van der Waals surface area contributed by atoms with Gasteiger partial charge in [0.25, 0.3) is 0 Å². The summed E-state index contributed by atoms with van der Waals surface area (Å²) in [5.41, 5.74) is 7.14. The fourth-order valence-electron chi connectivity index (χ4n) is 3.83. The lowest BCUT2D eigenvalue weighted by Gasteiger charge is -2.25. The van der Waals surface area contributed by atoms with Crippen molar-refractivity contribution in [2.45, 2.75) is 38.1 Å². The van der Waals surface area contributed by atoms with Crippen LogP contribution in [0.2, 0.25) is 0 Å². The third-order valence-electron chi connectivity index (χ3n) is 5.17. The normalized spacial score (nSPS) is 18.5. The highest BCUT2D eigenvalue weighted by Gasteiger charge is 2.27. The van der Waals surface area contributed by atoms with Gasteiger partial charge in [-0.2, -0.15) is 5.10 Å². The van der Waals surface area contributed by atoms with Crippen molar-refractivity contribution in [3.63, 3.8) is 0 Å². The van der Waals surface area contributed by atoms with Crippen molar-refractivity contribution in [2.24, 2.45) is 5.73 Å². The van der Waals surface area contributed by atoms with Gasteiger partial charge in [0.05, 0.1) is 23.7 Å². The molecule has 3 aromatic rings. The summed E-state index contributed by atoms with van der Waals surface area (Å²) >= 11 is 0. The number of pyridine rings is 1. The minimum atomic E-state index is -0.427. The molecule has 0 unspecified atom stereocenters. The fourth-order valence-corrected chi connectivity index (χ4v) is 3.83. The number of amides is 1. The van der Waals surface area contributed by atoms with Gasteiger partial charge in [-0.05, 0) is 38.6 Å². The second-order valence-electron chi connectivity index (χ2n) is 7.14. The lowest BCUT2D eigenvalue weighted by atomic mass is 10.1. The van der Waals surface area contributed by atoms with Gasteiger partial charge in [0.1, 0.15) is 5.82 Å². The van der Waals surface area contributed by atoms with E-state index in [0.29, 0.717) is 5.82 Å². The van der Waals surface area contributed by atoms with Gasteiger partial charge in [0.15, 0.2) is 5.82 Å². The Morgan fingerprint density at radius 3 is 2.93 bits per heavy atom. The van der Waals surface area contributed by atoms with Crippen molar-refractivity contribution in [1.29, 1.82) is 0 Å². The first-order chi connectivity index (χ1) is 13.1. The fraction of sp³-hybridized carbons (Fsp3) is 0.400. The molecule has 3 heterocycles. The molecule has 1 fully saturated rings. The van der Waals surface area contributed by atoms with Crippen LogP contribution in [0.1, 0.15) is 43.4 Å². The summed E-state index contributed by atoms with van der Waals surface area (Å²) in [6.07, 6.45) is 6.40. The van der Waals surface area contributed by atoms with Crippen LogP contribution in [0.15, 0.2) is 36.5 Å². The lowest BCUT2D eigenvalue weighted by molar-refractivity contribution is -0.117. The number of carbonyl (C=O) groups excluding carboxylic acids is 1. The number of aromatic nitrogens is 4. The van der Waals surface area contributed by atoms with Gasteiger partial charge in [-0.1, -0.05) is 31.0 Å². The molecule has 4 rings (SSSR count). The monoisotopic (exact) mass is 364 g/mol. The highest BCUT2D eigenvalue weighted by molar-refractivity contribution is 5.86. The highest BCUT2D eigenvalue weighted by atomic mass is 16.1. The van der Waals surface area contributed by atoms with E-state index in [1.165, 1.54) is 12.8 Å². The smallest absolute Gasteiger partial charge is 0.225 e. The second-order valence-corrected chi connectivity index (χ2v) is 7.14. The van der Waals surface area contributed by atoms with E-state index in [9.17, 15) is 4.79 Å². The Morgan fingerprint density at radius 2 is 2.07 bits per heavy atom. The van der Waals surface area contributed by atoms with Gasteiger partial charge in [0, 0.05) is 11.6 Å². The maximum atomic E-state index is 11.4. The minimum Gasteiger partial charge on any atom is -0.369 e. The van der Waals surface area contributed by atoms with Crippen LogP contribution < -0.4 is 5.73 Å². The lowest BCUT2D eigenvalue weighted by Crippen LogP contribution is -2.26. The maximum Gasteiger partial charge on any atom is 0.225 e. The van der Waals surface area contributed by atoms with E-state index in [-0.39, 0.29) is 12.5 Å². The van der Waals surface area contributed by atoms with Crippen molar-refractivity contribution in [3.8, 4) is 5.69 Å². The zero-order valence-corrected chi connectivity index (χ0v) is 15.5. The van der Waals surface area contributed by atoms with Crippen molar-refractivity contribution >= 4 is 16.8 Å². The minimum absolute atomic E-state index is 0.0363. The predicted molar refractivity (Wildman–Crippen MR) is 103 cm³/mol. The summed E-state index contributed by atoms with van der Waals surface area (Å²) in [5.74, 6) is 0.890. The average molecular weight is 364 g/mol. The molecule has 1 aromatic carbocycles. The molecule has 1 amide bonds. The Bertz CT molecular complexity index is 961. The highest BCUT2D eigenvalue weighted by Crippen LogP contribution is 2.30. The molecule has 0 bridgehead atoms. The number of nitrogens with two attached hydrogens (primary N) is 1. The van der Waals surface area contributed by atoms with Gasteiger partial charge < -0.3 is 5.73 Å². The first kappa shape index (κ1) is 17.6. The maximum absolute atomic E-state index is 11.4. The second kappa shape index (κ2) is 7.44. The Morgan fingerprint density at radius 1 is 1.22 bits per heavy atom. The molecule has 1 saturated heterocycles. The predicted octanol–water partition coefficient (Wildman–Crippen LogP) is 2.39. The summed E-state index contributed by atoms with van der Waals surface area (Å²) in [5, 5.41) is 5.69. The standard InChI is InChI=1S/C20H24N6O/c1-25-12-4-2-3-9-16(25)20-23-18(13-17(21)27)24-26(20)15-10-5-7-14-8-6-11-22-19(14)15/h5-8,10-11,16H,2-4,9,12-13H2,1H3,(H2,21,27)/t16-/m0/s1. The number of hydrogen-bond acceptors (Lipinski definition) is 5. The molecule has 1 aliphatic rings. The Labute approximate surface area is 158 Å². The quantitative estimate of drug-likeness (QED) is 0.768. The number of likely N-dealkylation sites (tertiary alicyclic amines) is 1. The first-order valence-corrected chi connectivity index (χ1v) is 9.42. The van der Waals surface area contributed by atoms with Crippen LogP contribution in [-0.4, -0.2) is 44.1 Å². The SMILES string of the molecule is CN1CCCCC[C@H]1c1nc(CC(N)=O)nn1-c1cccc2cccnc12. The molecule has 2 aromatic heterocycles. The van der Waals surface area contributed by atoms with E-state index < -0.39 is 5.91 Å². The molecular weight excluding hydrogens is 340 g/mol. The summed E-state index contributed by atoms with van der Waals surface area (Å²) in [7, 11) is 2.13. The van der Waals surface area contributed by atoms with Crippen LogP contribution in [0, 0.1) is 0 Å². The van der Waals surface area contributed by atoms with Crippen LogP contribution in [-0.2, 0) is 11.2 Å². The van der Waals surface area contributed by atoms with E-state index in [2.05, 4.69) is 22.0 Å². The largest absolute Gasteiger partial charge is 0.369 e. The van der Waals surface area contributed by atoms with E-state index >= 15 is 0 Å². The van der Waals surface area contributed by atoms with Gasteiger partial charge in [-0.15, -0.1) is 0 Å². The van der Waals surface area contributed by atoms with Crippen LogP contribution in [0.25, 0.3) is 16.6 Å². The molecule has 0 spiro atoms. The van der Waals surface area contributed by atoms with Gasteiger partial charge >= 0.3 is 0 Å². The van der Waals surface area contributed by atoms with Crippen molar-refractivity contribution < 1.29 is 4.79 Å². The third kappa shape index (κ3) is 3.55. The van der Waals surface area contributed by atoms with Crippen LogP contribution in [0.5, 0.6) is 0 Å². The number of fused-ring (bicyclic) bond motifs is 1.